The Kier molecular flexibility index (Phi) is 9.54. The Labute approximate surface area is 457 Å². The van der Waals surface area contributed by atoms with E-state index in [-0.39, 0.29) is 17.5 Å². The van der Waals surface area contributed by atoms with E-state index in [0.717, 1.165) is 33.0 Å². The molecule has 13 aromatic rings. The molecule has 0 fully saturated rings. The molecule has 21 nitrogen and oxygen atoms in total. The van der Waals surface area contributed by atoms with Gasteiger partial charge in [-0.1, -0.05) is 80.6 Å². The summed E-state index contributed by atoms with van der Waals surface area (Å²) < 4.78 is 12.2. The molecule has 1 aliphatic rings. The molecule has 0 amide bonds. The van der Waals surface area contributed by atoms with Crippen molar-refractivity contribution >= 4 is 89.5 Å². The molecule has 3 heterocycles. The summed E-state index contributed by atoms with van der Waals surface area (Å²) in [6.07, 6.45) is 0. The number of furan rings is 2. The third-order valence-electron chi connectivity index (χ3n) is 15.8. The lowest BCUT2D eigenvalue weighted by atomic mass is 9.82. The van der Waals surface area contributed by atoms with Crippen LogP contribution in [0.1, 0.15) is 25.0 Å². The maximum absolute atomic E-state index is 12.5. The quantitative estimate of drug-likeness (QED) is 0.0337. The summed E-state index contributed by atoms with van der Waals surface area (Å²) >= 11 is 0. The molecule has 0 saturated heterocycles. The number of fused-ring (bicyclic) bond motifs is 15. The van der Waals surface area contributed by atoms with Gasteiger partial charge < -0.3 is 90.5 Å². The molecule has 0 atom stereocenters. The number of nitrogens with zero attached hydrogens (tertiary/aromatic N) is 3. The van der Waals surface area contributed by atoms with Crippen LogP contribution in [0.2, 0.25) is 0 Å². The van der Waals surface area contributed by atoms with Crippen molar-refractivity contribution in [1.82, 2.24) is 15.0 Å². The Morgan fingerprint density at radius 1 is 0.341 bits per heavy atom. The Hall–Kier alpha value is -11.5. The number of hydrogen-bond acceptors (Lipinski definition) is 21. The van der Waals surface area contributed by atoms with Gasteiger partial charge in [0, 0.05) is 59.6 Å². The van der Waals surface area contributed by atoms with E-state index in [1.807, 2.05) is 72.8 Å². The highest BCUT2D eigenvalue weighted by atomic mass is 16.4. The summed E-state index contributed by atoms with van der Waals surface area (Å²) in [7, 11) is 6.78. The lowest BCUT2D eigenvalue weighted by Crippen LogP contribution is -2.14. The highest BCUT2D eigenvalue weighted by molar-refractivity contribution is 6.42. The molecule has 22 heteroatoms. The summed E-state index contributed by atoms with van der Waals surface area (Å²) in [5.74, 6) is -21.9. The SMILES string of the molecule is [B]c1c(-c2nc(-c3ccc4c(c3)oc3ccccc34)nc(-c3cccc4c3-c3ccccc3C4(C)C)n2)c(O)c2oc3c(O)c(O)c(-c4c(O)c(O)c5c6c(O)c(O)c(O)c(O)c6c6c(O)c(O)c(O)c(O)c6c5c4O)c(O)c3c2c1O. The number of aromatic hydroxyl groups is 16. The zero-order valence-corrected chi connectivity index (χ0v) is 42.0. The van der Waals surface area contributed by atoms with Gasteiger partial charge in [0.25, 0.3) is 0 Å². The van der Waals surface area contributed by atoms with E-state index >= 15 is 0 Å². The second-order valence-electron chi connectivity index (χ2n) is 20.4. The number of aromatic nitrogens is 3. The van der Waals surface area contributed by atoms with Gasteiger partial charge in [0.2, 0.25) is 28.7 Å². The largest absolute Gasteiger partial charge is 0.508 e. The number of hydrogen-bond donors (Lipinski definition) is 16. The van der Waals surface area contributed by atoms with Gasteiger partial charge in [0.1, 0.15) is 36.3 Å². The first-order valence-electron chi connectivity index (χ1n) is 24.7. The van der Waals surface area contributed by atoms with E-state index < -0.39 is 174 Å². The monoisotopic (exact) mass is 1100 g/mol. The average molecular weight is 1100 g/mol. The van der Waals surface area contributed by atoms with Crippen LogP contribution in [-0.4, -0.2) is 105 Å². The third kappa shape index (κ3) is 5.92. The number of para-hydroxylation sites is 1. The van der Waals surface area contributed by atoms with Crippen molar-refractivity contribution in [2.24, 2.45) is 0 Å². The zero-order valence-electron chi connectivity index (χ0n) is 42.0. The molecule has 0 aliphatic heterocycles. The predicted molar refractivity (Wildman–Crippen MR) is 298 cm³/mol. The Morgan fingerprint density at radius 2 is 0.805 bits per heavy atom. The fraction of sp³-hybridized carbons (Fsp3) is 0.0500. The van der Waals surface area contributed by atoms with Gasteiger partial charge in [-0.2, -0.15) is 0 Å². The van der Waals surface area contributed by atoms with Crippen LogP contribution in [0.4, 0.5) is 0 Å². The molecule has 14 rings (SSSR count). The van der Waals surface area contributed by atoms with Crippen LogP contribution in [0.25, 0.3) is 133 Å². The minimum Gasteiger partial charge on any atom is -0.508 e. The molecule has 2 radical (unpaired) electrons. The van der Waals surface area contributed by atoms with Crippen LogP contribution in [0.5, 0.6) is 92.0 Å². The maximum Gasteiger partial charge on any atom is 0.204 e. The highest BCUT2D eigenvalue weighted by Crippen LogP contribution is 2.66. The average Bonchev–Trinajstić information content (AvgIpc) is 1.28. The zero-order chi connectivity index (χ0) is 57.8. The molecular formula is C60H36BN3O18. The van der Waals surface area contributed by atoms with Gasteiger partial charge in [-0.3, -0.25) is 0 Å². The van der Waals surface area contributed by atoms with Crippen molar-refractivity contribution in [2.45, 2.75) is 19.3 Å². The van der Waals surface area contributed by atoms with Gasteiger partial charge in [-0.25, -0.2) is 15.0 Å². The molecule has 0 unspecified atom stereocenters. The third-order valence-corrected chi connectivity index (χ3v) is 15.8. The summed E-state index contributed by atoms with van der Waals surface area (Å²) in [4.78, 5) is 14.7. The first kappa shape index (κ1) is 48.8. The molecule has 10 aromatic carbocycles. The summed E-state index contributed by atoms with van der Waals surface area (Å²) in [6, 6.07) is 26.3. The fourth-order valence-corrected chi connectivity index (χ4v) is 12.0. The van der Waals surface area contributed by atoms with E-state index in [9.17, 15) is 81.7 Å². The van der Waals surface area contributed by atoms with Gasteiger partial charge in [-0.15, -0.1) is 0 Å². The number of phenolic OH excluding ortho intramolecular Hbond substituents is 16. The molecule has 0 bridgehead atoms. The summed E-state index contributed by atoms with van der Waals surface area (Å²) in [6.45, 7) is 4.18. The minimum absolute atomic E-state index is 0.0508. The molecule has 82 heavy (non-hydrogen) atoms. The summed E-state index contributed by atoms with van der Waals surface area (Å²) in [5.41, 5.74) is 0.286. The van der Waals surface area contributed by atoms with Crippen molar-refractivity contribution < 1.29 is 90.5 Å². The lowest BCUT2D eigenvalue weighted by molar-refractivity contribution is 0.349. The standard InChI is InChI=1S/C60H36BN3O18/c1-60(2)22-11-5-3-9-20(22)26-21(10-7-12-23(26)60)58-62-57(17-14-15-19-18-8-4-6-13-24(18)81-25(19)16-17)63-59(64-58)37-38(61)41(67)36-35-40(66)34(48(74)54(80)56(35)82-55(36)49(37)75)33-39(65)27-28(42(68)47(33)73)30-32(46(72)53(79)51(77)44(30)70)31-29(27)43(69)50(76)52(78)45(31)71/h3-16,65-80H,1-2H3. The molecule has 402 valence electrons. The Morgan fingerprint density at radius 3 is 1.44 bits per heavy atom. The topological polar surface area (TPSA) is 389 Å². The minimum atomic E-state index is -1.52. The Balaban J connectivity index is 1.04. The van der Waals surface area contributed by atoms with Gasteiger partial charge >= 0.3 is 0 Å². The second-order valence-corrected chi connectivity index (χ2v) is 20.4. The van der Waals surface area contributed by atoms with E-state index in [4.69, 9.17) is 31.6 Å². The number of phenols is 16. The fourth-order valence-electron chi connectivity index (χ4n) is 12.0. The molecule has 3 aromatic heterocycles. The molecule has 1 aliphatic carbocycles. The first-order valence-corrected chi connectivity index (χ1v) is 24.7. The second kappa shape index (κ2) is 16.0. The maximum atomic E-state index is 12.5. The van der Waals surface area contributed by atoms with Crippen molar-refractivity contribution in [2.75, 3.05) is 0 Å². The molecule has 0 saturated carbocycles. The van der Waals surface area contributed by atoms with Gasteiger partial charge in [-0.05, 0) is 45.9 Å². The highest BCUT2D eigenvalue weighted by Gasteiger charge is 2.40. The molecule has 16 N–H and O–H groups in total. The molecular weight excluding hydrogens is 1060 g/mol. The number of benzene rings is 10. The van der Waals surface area contributed by atoms with E-state index in [0.29, 0.717) is 22.3 Å². The van der Waals surface area contributed by atoms with Gasteiger partial charge in [0.05, 0.1) is 27.5 Å². The van der Waals surface area contributed by atoms with Crippen LogP contribution >= 0.6 is 0 Å². The molecule has 0 spiro atoms. The van der Waals surface area contributed by atoms with Crippen LogP contribution in [0.3, 0.4) is 0 Å². The lowest BCUT2D eigenvalue weighted by Gasteiger charge is -2.21. The van der Waals surface area contributed by atoms with Crippen molar-refractivity contribution in [3.05, 3.63) is 96.1 Å². The smallest absolute Gasteiger partial charge is 0.204 e. The number of rotatable bonds is 4. The summed E-state index contributed by atoms with van der Waals surface area (Å²) in [5, 5.41) is 178. The van der Waals surface area contributed by atoms with Crippen LogP contribution in [-0.2, 0) is 5.41 Å². The van der Waals surface area contributed by atoms with Crippen LogP contribution < -0.4 is 5.46 Å². The van der Waals surface area contributed by atoms with Crippen LogP contribution in [0.15, 0.2) is 93.8 Å². The van der Waals surface area contributed by atoms with Crippen molar-refractivity contribution in [1.29, 1.82) is 0 Å². The predicted octanol–water partition coefficient (Wildman–Crippen LogP) is 10.2. The normalized spacial score (nSPS) is 13.0. The van der Waals surface area contributed by atoms with Crippen molar-refractivity contribution in [3.63, 3.8) is 0 Å². The Bertz CT molecular complexity index is 5140. The van der Waals surface area contributed by atoms with E-state index in [1.54, 1.807) is 12.1 Å². The van der Waals surface area contributed by atoms with E-state index in [2.05, 4.69) is 13.8 Å². The van der Waals surface area contributed by atoms with Gasteiger partial charge in [0.15, 0.2) is 74.6 Å². The van der Waals surface area contributed by atoms with E-state index in [1.165, 1.54) is 0 Å². The van der Waals surface area contributed by atoms with Crippen LogP contribution in [0, 0.1) is 0 Å². The first-order chi connectivity index (χ1) is 39.1. The van der Waals surface area contributed by atoms with Crippen molar-refractivity contribution in [3.8, 4) is 148 Å².